The van der Waals surface area contributed by atoms with E-state index in [9.17, 15) is 9.59 Å². The van der Waals surface area contributed by atoms with Gasteiger partial charge in [-0.1, -0.05) is 36.4 Å². The molecule has 0 fully saturated rings. The van der Waals surface area contributed by atoms with Crippen LogP contribution in [0.2, 0.25) is 0 Å². The van der Waals surface area contributed by atoms with E-state index in [4.69, 9.17) is 0 Å². The molecule has 3 aromatic rings. The Hall–Kier alpha value is -2.93. The average Bonchev–Trinajstić information content (AvgIpc) is 3.34. The zero-order valence-electron chi connectivity index (χ0n) is 13.4. The van der Waals surface area contributed by atoms with Crippen LogP contribution in [-0.2, 0) is 11.2 Å². The lowest BCUT2D eigenvalue weighted by molar-refractivity contribution is -0.120. The minimum atomic E-state index is -0.245. The number of H-pyrrole nitrogens is 1. The molecule has 0 aliphatic carbocycles. The normalized spacial score (nSPS) is 11.7. The molecule has 0 spiro atoms. The van der Waals surface area contributed by atoms with E-state index < -0.39 is 0 Å². The molecule has 6 nitrogen and oxygen atoms in total. The van der Waals surface area contributed by atoms with E-state index in [0.717, 1.165) is 11.4 Å². The topological polar surface area (TPSA) is 86.9 Å². The van der Waals surface area contributed by atoms with Crippen molar-refractivity contribution in [2.45, 2.75) is 12.5 Å². The minimum absolute atomic E-state index is 0.0712. The van der Waals surface area contributed by atoms with Crippen molar-refractivity contribution in [3.8, 4) is 0 Å². The molecule has 0 radical (unpaired) electrons. The van der Waals surface area contributed by atoms with E-state index >= 15 is 0 Å². The number of amides is 2. The first kappa shape index (κ1) is 16.9. The van der Waals surface area contributed by atoms with Gasteiger partial charge in [0.1, 0.15) is 5.82 Å². The van der Waals surface area contributed by atoms with Crippen molar-refractivity contribution in [2.75, 3.05) is 6.54 Å². The lowest BCUT2D eigenvalue weighted by Gasteiger charge is -2.18. The molecule has 3 N–H and O–H groups in total. The zero-order valence-corrected chi connectivity index (χ0v) is 14.3. The highest BCUT2D eigenvalue weighted by molar-refractivity contribution is 7.12. The van der Waals surface area contributed by atoms with Gasteiger partial charge in [-0.15, -0.1) is 11.3 Å². The van der Waals surface area contributed by atoms with E-state index in [2.05, 4.69) is 20.6 Å². The van der Waals surface area contributed by atoms with Crippen LogP contribution in [0.5, 0.6) is 0 Å². The maximum absolute atomic E-state index is 12.3. The van der Waals surface area contributed by atoms with Gasteiger partial charge in [-0.2, -0.15) is 0 Å². The van der Waals surface area contributed by atoms with Gasteiger partial charge in [0.05, 0.1) is 17.5 Å². The molecule has 2 aromatic heterocycles. The summed E-state index contributed by atoms with van der Waals surface area (Å²) in [6.45, 7) is -0.0712. The monoisotopic (exact) mass is 354 g/mol. The third-order valence-corrected chi connectivity index (χ3v) is 4.51. The van der Waals surface area contributed by atoms with Gasteiger partial charge in [0.15, 0.2) is 0 Å². The van der Waals surface area contributed by atoms with Crippen molar-refractivity contribution in [1.29, 1.82) is 0 Å². The van der Waals surface area contributed by atoms with Gasteiger partial charge in [-0.3, -0.25) is 9.59 Å². The number of nitrogens with one attached hydrogen (secondary N) is 3. The molecule has 2 amide bonds. The van der Waals surface area contributed by atoms with Gasteiger partial charge in [-0.05, 0) is 17.0 Å². The second kappa shape index (κ2) is 8.25. The molecule has 0 saturated heterocycles. The number of aromatic amines is 1. The van der Waals surface area contributed by atoms with Crippen LogP contribution >= 0.6 is 11.3 Å². The quantitative estimate of drug-likeness (QED) is 0.608. The van der Waals surface area contributed by atoms with E-state index in [0.29, 0.717) is 11.3 Å². The fourth-order valence-electron chi connectivity index (χ4n) is 2.44. The molecule has 1 atom stereocenters. The van der Waals surface area contributed by atoms with Crippen LogP contribution in [0.15, 0.2) is 60.2 Å². The lowest BCUT2D eigenvalue weighted by atomic mass is 10.0. The van der Waals surface area contributed by atoms with Gasteiger partial charge >= 0.3 is 0 Å². The van der Waals surface area contributed by atoms with E-state index in [1.165, 1.54) is 11.3 Å². The predicted molar refractivity (Wildman–Crippen MR) is 96.3 cm³/mol. The Bertz CT molecular complexity index is 801. The Morgan fingerprint density at radius 3 is 2.68 bits per heavy atom. The molecule has 0 bridgehead atoms. The molecular formula is C18H18N4O2S. The number of imidazole rings is 1. The Balaban J connectivity index is 1.61. The highest BCUT2D eigenvalue weighted by Gasteiger charge is 2.17. The minimum Gasteiger partial charge on any atom is -0.349 e. The van der Waals surface area contributed by atoms with Gasteiger partial charge in [0.25, 0.3) is 5.91 Å². The summed E-state index contributed by atoms with van der Waals surface area (Å²) >= 11 is 1.34. The number of nitrogens with zero attached hydrogens (tertiary/aromatic N) is 1. The summed E-state index contributed by atoms with van der Waals surface area (Å²) in [6, 6.07) is 13.0. The first-order valence-corrected chi connectivity index (χ1v) is 8.74. The molecule has 0 saturated carbocycles. The van der Waals surface area contributed by atoms with Crippen molar-refractivity contribution in [3.05, 3.63) is 76.5 Å². The largest absolute Gasteiger partial charge is 0.349 e. The van der Waals surface area contributed by atoms with Crippen molar-refractivity contribution in [3.63, 3.8) is 0 Å². The number of carbonyl (C=O) groups excluding carboxylic acids is 2. The molecule has 3 rings (SSSR count). The lowest BCUT2D eigenvalue weighted by Crippen LogP contribution is -2.39. The van der Waals surface area contributed by atoms with E-state index in [-0.39, 0.29) is 24.4 Å². The van der Waals surface area contributed by atoms with Crippen molar-refractivity contribution in [2.24, 2.45) is 0 Å². The number of benzene rings is 1. The highest BCUT2D eigenvalue weighted by atomic mass is 32.1. The SMILES string of the molecule is O=C(CNC(=O)c1cccs1)NC(Cc1ncc[nH]1)c1ccccc1. The second-order valence-electron chi connectivity index (χ2n) is 5.43. The number of hydrogen-bond donors (Lipinski definition) is 3. The summed E-state index contributed by atoms with van der Waals surface area (Å²) in [5.41, 5.74) is 0.983. The standard InChI is InChI=1S/C18H18N4O2S/c23-17(12-21-18(24)15-7-4-10-25-15)22-14(11-16-19-8-9-20-16)13-5-2-1-3-6-13/h1-10,14H,11-12H2,(H,19,20)(H,21,24)(H,22,23). The van der Waals surface area contributed by atoms with Crippen LogP contribution in [-0.4, -0.2) is 28.3 Å². The van der Waals surface area contributed by atoms with Crippen LogP contribution < -0.4 is 10.6 Å². The molecule has 25 heavy (non-hydrogen) atoms. The summed E-state index contributed by atoms with van der Waals surface area (Å²) in [5.74, 6) is 0.300. The maximum Gasteiger partial charge on any atom is 0.261 e. The summed E-state index contributed by atoms with van der Waals surface area (Å²) in [7, 11) is 0. The smallest absolute Gasteiger partial charge is 0.261 e. The van der Waals surface area contributed by atoms with Crippen LogP contribution in [0.1, 0.15) is 27.1 Å². The van der Waals surface area contributed by atoms with Gasteiger partial charge in [0.2, 0.25) is 5.91 Å². The van der Waals surface area contributed by atoms with Crippen molar-refractivity contribution >= 4 is 23.2 Å². The Kier molecular flexibility index (Phi) is 5.58. The van der Waals surface area contributed by atoms with Gasteiger partial charge < -0.3 is 15.6 Å². The van der Waals surface area contributed by atoms with Crippen molar-refractivity contribution in [1.82, 2.24) is 20.6 Å². The van der Waals surface area contributed by atoms with E-state index in [1.807, 2.05) is 35.7 Å². The number of carbonyl (C=O) groups is 2. The van der Waals surface area contributed by atoms with Crippen molar-refractivity contribution < 1.29 is 9.59 Å². The number of aromatic nitrogens is 2. The Labute approximate surface area is 149 Å². The molecule has 2 heterocycles. The van der Waals surface area contributed by atoms with Gasteiger partial charge in [-0.25, -0.2) is 4.98 Å². The Morgan fingerprint density at radius 2 is 2.00 bits per heavy atom. The summed E-state index contributed by atoms with van der Waals surface area (Å²) < 4.78 is 0. The average molecular weight is 354 g/mol. The van der Waals surface area contributed by atoms with Gasteiger partial charge in [0, 0.05) is 18.8 Å². The van der Waals surface area contributed by atoms with Crippen LogP contribution in [0.3, 0.4) is 0 Å². The third-order valence-electron chi connectivity index (χ3n) is 3.64. The number of hydrogen-bond acceptors (Lipinski definition) is 4. The highest BCUT2D eigenvalue weighted by Crippen LogP contribution is 2.16. The maximum atomic E-state index is 12.3. The zero-order chi connectivity index (χ0) is 17.5. The molecule has 1 aromatic carbocycles. The fourth-order valence-corrected chi connectivity index (χ4v) is 3.08. The predicted octanol–water partition coefficient (Wildman–Crippen LogP) is 2.30. The summed E-state index contributed by atoms with van der Waals surface area (Å²) in [5, 5.41) is 7.42. The summed E-state index contributed by atoms with van der Waals surface area (Å²) in [4.78, 5) is 32.1. The van der Waals surface area contributed by atoms with E-state index in [1.54, 1.807) is 24.5 Å². The fraction of sp³-hybridized carbons (Fsp3) is 0.167. The molecule has 0 aliphatic rings. The molecular weight excluding hydrogens is 336 g/mol. The number of thiophene rings is 1. The summed E-state index contributed by atoms with van der Waals surface area (Å²) in [6.07, 6.45) is 3.97. The molecule has 7 heteroatoms. The third kappa shape index (κ3) is 4.77. The second-order valence-corrected chi connectivity index (χ2v) is 6.38. The number of rotatable bonds is 7. The molecule has 128 valence electrons. The first-order chi connectivity index (χ1) is 12.2. The van der Waals surface area contributed by atoms with Crippen LogP contribution in [0, 0.1) is 0 Å². The first-order valence-electron chi connectivity index (χ1n) is 7.86. The molecule has 0 aliphatic heterocycles. The Morgan fingerprint density at radius 1 is 1.16 bits per heavy atom. The van der Waals surface area contributed by atoms with Crippen LogP contribution in [0.4, 0.5) is 0 Å². The van der Waals surface area contributed by atoms with Crippen LogP contribution in [0.25, 0.3) is 0 Å². The molecule has 1 unspecified atom stereocenters.